The first-order chi connectivity index (χ1) is 7.86. The zero-order valence-electron chi connectivity index (χ0n) is 9.66. The van der Waals surface area contributed by atoms with E-state index in [0.29, 0.717) is 11.3 Å². The average Bonchev–Trinajstić information content (AvgIpc) is 2.63. The van der Waals surface area contributed by atoms with Crippen LogP contribution in [0, 0.1) is 0 Å². The fourth-order valence-electron chi connectivity index (χ4n) is 3.20. The van der Waals surface area contributed by atoms with Crippen LogP contribution < -0.4 is 0 Å². The second-order valence-corrected chi connectivity index (χ2v) is 5.87. The van der Waals surface area contributed by atoms with Crippen molar-refractivity contribution in [2.24, 2.45) is 0 Å². The zero-order chi connectivity index (χ0) is 11.0. The van der Waals surface area contributed by atoms with Gasteiger partial charge in [-0.3, -0.25) is 0 Å². The lowest BCUT2D eigenvalue weighted by Crippen LogP contribution is -2.15. The van der Waals surface area contributed by atoms with E-state index in [2.05, 4.69) is 24.3 Å². The standard InChI is InChI=1S/C15H19Cl/c16-15-10-4-9-14(15)13-8-2-1-7-12(13)11-5-3-6-11/h1-2,7-8,11,14-15H,3-6,9-10H2. The highest BCUT2D eigenvalue weighted by Crippen LogP contribution is 2.45. The molecule has 0 heterocycles. The normalized spacial score (nSPS) is 30.3. The van der Waals surface area contributed by atoms with Gasteiger partial charge in [-0.1, -0.05) is 37.1 Å². The van der Waals surface area contributed by atoms with E-state index in [1.165, 1.54) is 38.5 Å². The number of rotatable bonds is 2. The molecule has 2 fully saturated rings. The molecule has 16 heavy (non-hydrogen) atoms. The predicted octanol–water partition coefficient (Wildman–Crippen LogP) is 4.83. The van der Waals surface area contributed by atoms with E-state index in [1.54, 1.807) is 11.1 Å². The number of alkyl halides is 1. The summed E-state index contributed by atoms with van der Waals surface area (Å²) >= 11 is 6.45. The quantitative estimate of drug-likeness (QED) is 0.643. The van der Waals surface area contributed by atoms with Crippen molar-refractivity contribution in [3.63, 3.8) is 0 Å². The molecule has 1 aromatic carbocycles. The molecule has 86 valence electrons. The molecule has 2 atom stereocenters. The van der Waals surface area contributed by atoms with E-state index >= 15 is 0 Å². The van der Waals surface area contributed by atoms with E-state index in [1.807, 2.05) is 0 Å². The zero-order valence-corrected chi connectivity index (χ0v) is 10.4. The highest BCUT2D eigenvalue weighted by molar-refractivity contribution is 6.21. The van der Waals surface area contributed by atoms with Crippen molar-refractivity contribution in [3.8, 4) is 0 Å². The highest BCUT2D eigenvalue weighted by atomic mass is 35.5. The second kappa shape index (κ2) is 4.41. The van der Waals surface area contributed by atoms with Gasteiger partial charge in [0.2, 0.25) is 0 Å². The van der Waals surface area contributed by atoms with Gasteiger partial charge < -0.3 is 0 Å². The van der Waals surface area contributed by atoms with Crippen LogP contribution in [-0.2, 0) is 0 Å². The summed E-state index contributed by atoms with van der Waals surface area (Å²) in [4.78, 5) is 0. The van der Waals surface area contributed by atoms with Gasteiger partial charge in [-0.2, -0.15) is 0 Å². The first-order valence-electron chi connectivity index (χ1n) is 6.59. The topological polar surface area (TPSA) is 0 Å². The van der Waals surface area contributed by atoms with Gasteiger partial charge in [-0.25, -0.2) is 0 Å². The van der Waals surface area contributed by atoms with Crippen LogP contribution >= 0.6 is 11.6 Å². The maximum atomic E-state index is 6.45. The molecule has 0 spiro atoms. The maximum absolute atomic E-state index is 6.45. The number of hydrogen-bond donors (Lipinski definition) is 0. The van der Waals surface area contributed by atoms with Crippen molar-refractivity contribution in [1.82, 2.24) is 0 Å². The molecule has 0 aromatic heterocycles. The molecule has 3 rings (SSSR count). The van der Waals surface area contributed by atoms with Crippen LogP contribution in [0.1, 0.15) is 61.5 Å². The van der Waals surface area contributed by atoms with Crippen LogP contribution in [0.15, 0.2) is 24.3 Å². The Kier molecular flexibility index (Phi) is 2.93. The molecule has 2 aliphatic carbocycles. The Balaban J connectivity index is 1.92. The van der Waals surface area contributed by atoms with Crippen LogP contribution in [0.3, 0.4) is 0 Å². The third-order valence-electron chi connectivity index (χ3n) is 4.37. The van der Waals surface area contributed by atoms with Crippen LogP contribution in [0.2, 0.25) is 0 Å². The Morgan fingerprint density at radius 2 is 1.56 bits per heavy atom. The second-order valence-electron chi connectivity index (χ2n) is 5.31. The summed E-state index contributed by atoms with van der Waals surface area (Å²) in [6.07, 6.45) is 7.97. The SMILES string of the molecule is ClC1CCCC1c1ccccc1C1CCC1. The van der Waals surface area contributed by atoms with E-state index in [4.69, 9.17) is 11.6 Å². The lowest BCUT2D eigenvalue weighted by molar-refractivity contribution is 0.415. The fraction of sp³-hybridized carbons (Fsp3) is 0.600. The molecule has 2 saturated carbocycles. The molecule has 2 aliphatic rings. The van der Waals surface area contributed by atoms with Gasteiger partial charge in [-0.05, 0) is 42.7 Å². The predicted molar refractivity (Wildman–Crippen MR) is 69.3 cm³/mol. The summed E-state index contributed by atoms with van der Waals surface area (Å²) in [5.41, 5.74) is 3.16. The molecule has 1 aromatic rings. The van der Waals surface area contributed by atoms with Crippen molar-refractivity contribution >= 4 is 11.6 Å². The van der Waals surface area contributed by atoms with E-state index in [9.17, 15) is 0 Å². The van der Waals surface area contributed by atoms with E-state index in [0.717, 1.165) is 5.92 Å². The minimum Gasteiger partial charge on any atom is -0.122 e. The Bertz CT molecular complexity index is 367. The number of halogens is 1. The van der Waals surface area contributed by atoms with Gasteiger partial charge in [-0.15, -0.1) is 11.6 Å². The van der Waals surface area contributed by atoms with Gasteiger partial charge in [0, 0.05) is 11.3 Å². The van der Waals surface area contributed by atoms with E-state index < -0.39 is 0 Å². The molecule has 1 heteroatoms. The van der Waals surface area contributed by atoms with Crippen molar-refractivity contribution in [1.29, 1.82) is 0 Å². The molecule has 0 aliphatic heterocycles. The monoisotopic (exact) mass is 234 g/mol. The van der Waals surface area contributed by atoms with Crippen LogP contribution in [0.25, 0.3) is 0 Å². The first kappa shape index (κ1) is 10.7. The molecular formula is C15H19Cl. The maximum Gasteiger partial charge on any atom is 0.0404 e. The minimum absolute atomic E-state index is 0.376. The number of benzene rings is 1. The Labute approximate surface area is 103 Å². The van der Waals surface area contributed by atoms with Gasteiger partial charge in [0.1, 0.15) is 0 Å². The van der Waals surface area contributed by atoms with Gasteiger partial charge in [0.25, 0.3) is 0 Å². The van der Waals surface area contributed by atoms with Crippen molar-refractivity contribution in [2.75, 3.05) is 0 Å². The van der Waals surface area contributed by atoms with Gasteiger partial charge >= 0.3 is 0 Å². The molecule has 0 amide bonds. The van der Waals surface area contributed by atoms with Crippen LogP contribution in [0.5, 0.6) is 0 Å². The summed E-state index contributed by atoms with van der Waals surface area (Å²) in [6, 6.07) is 9.02. The molecule has 0 saturated heterocycles. The average molecular weight is 235 g/mol. The Hall–Kier alpha value is -0.490. The Morgan fingerprint density at radius 3 is 2.12 bits per heavy atom. The molecule has 2 unspecified atom stereocenters. The minimum atomic E-state index is 0.376. The largest absolute Gasteiger partial charge is 0.122 e. The smallest absolute Gasteiger partial charge is 0.0404 e. The summed E-state index contributed by atoms with van der Waals surface area (Å²) in [6.45, 7) is 0. The lowest BCUT2D eigenvalue weighted by atomic mass is 9.76. The van der Waals surface area contributed by atoms with Gasteiger partial charge in [0.05, 0.1) is 0 Å². The number of hydrogen-bond acceptors (Lipinski definition) is 0. The van der Waals surface area contributed by atoms with Gasteiger partial charge in [0.15, 0.2) is 0 Å². The molecule has 0 N–H and O–H groups in total. The molecule has 0 radical (unpaired) electrons. The third-order valence-corrected chi connectivity index (χ3v) is 4.89. The summed E-state index contributed by atoms with van der Waals surface area (Å²) in [5.74, 6) is 1.46. The summed E-state index contributed by atoms with van der Waals surface area (Å²) in [5, 5.41) is 0.376. The lowest BCUT2D eigenvalue weighted by Gasteiger charge is -2.30. The summed E-state index contributed by atoms with van der Waals surface area (Å²) < 4.78 is 0. The molecular weight excluding hydrogens is 216 g/mol. The molecule has 0 nitrogen and oxygen atoms in total. The summed E-state index contributed by atoms with van der Waals surface area (Å²) in [7, 11) is 0. The van der Waals surface area contributed by atoms with Crippen LogP contribution in [0.4, 0.5) is 0 Å². The highest BCUT2D eigenvalue weighted by Gasteiger charge is 2.31. The first-order valence-corrected chi connectivity index (χ1v) is 7.03. The van der Waals surface area contributed by atoms with Crippen molar-refractivity contribution in [2.45, 2.75) is 55.7 Å². The third kappa shape index (κ3) is 1.78. The molecule has 0 bridgehead atoms. The fourth-order valence-corrected chi connectivity index (χ4v) is 3.62. The van der Waals surface area contributed by atoms with Crippen molar-refractivity contribution in [3.05, 3.63) is 35.4 Å². The van der Waals surface area contributed by atoms with E-state index in [-0.39, 0.29) is 0 Å². The Morgan fingerprint density at radius 1 is 0.875 bits per heavy atom. The van der Waals surface area contributed by atoms with Crippen molar-refractivity contribution < 1.29 is 0 Å². The van der Waals surface area contributed by atoms with Crippen LogP contribution in [-0.4, -0.2) is 5.38 Å².